The first-order valence-corrected chi connectivity index (χ1v) is 9.75. The normalized spacial score (nSPS) is 31.1. The summed E-state index contributed by atoms with van der Waals surface area (Å²) in [5.74, 6) is 1.60. The van der Waals surface area contributed by atoms with Crippen LogP contribution in [-0.2, 0) is 4.74 Å². The smallest absolute Gasteiger partial charge is 0.252 e. The van der Waals surface area contributed by atoms with E-state index in [4.69, 9.17) is 16.3 Å². The number of nitrogens with one attached hydrogen (secondary N) is 1. The summed E-state index contributed by atoms with van der Waals surface area (Å²) in [5, 5.41) is 3.73. The van der Waals surface area contributed by atoms with Crippen LogP contribution in [0.5, 0.6) is 0 Å². The highest BCUT2D eigenvalue weighted by Gasteiger charge is 2.63. The number of nitrogens with zero attached hydrogens (tertiary/aromatic N) is 3. The number of carbonyl (C=O) groups excluding carboxylic acids is 1. The first kappa shape index (κ1) is 17.0. The molecule has 4 atom stereocenters. The fourth-order valence-electron chi connectivity index (χ4n) is 5.00. The number of hydrogen-bond acceptors (Lipinski definition) is 5. The number of carbonyl (C=O) groups is 1. The minimum Gasteiger partial charge on any atom is -0.369 e. The van der Waals surface area contributed by atoms with Gasteiger partial charge in [-0.1, -0.05) is 11.6 Å². The first-order chi connectivity index (χ1) is 13.1. The number of fused-ring (bicyclic) bond motifs is 1. The molecular formula is C20H21ClN4O2. The summed E-state index contributed by atoms with van der Waals surface area (Å²) in [6.45, 7) is 2.39. The Morgan fingerprint density at radius 1 is 1.37 bits per heavy atom. The van der Waals surface area contributed by atoms with Gasteiger partial charge in [0.05, 0.1) is 22.3 Å². The molecule has 1 N–H and O–H groups in total. The summed E-state index contributed by atoms with van der Waals surface area (Å²) < 4.78 is 6.45. The standard InChI is InChI=1S/C20H21ClN4O2/c21-14-3-4-18(23-9-14)25-11-16-15(17-5-6-20(16,12-25)27-17)10-24-19(26)13-2-1-7-22-8-13/h1-4,7-9,15-17H,5-6,10-12H2,(H,24,26)/t15-,16+,17+,20+/m0/s1. The number of amides is 1. The van der Waals surface area contributed by atoms with Gasteiger partial charge in [-0.2, -0.15) is 0 Å². The lowest BCUT2D eigenvalue weighted by molar-refractivity contribution is 0.0141. The second-order valence-corrected chi connectivity index (χ2v) is 8.13. The van der Waals surface area contributed by atoms with Crippen LogP contribution in [0.15, 0.2) is 42.9 Å². The molecule has 3 fully saturated rings. The summed E-state index contributed by atoms with van der Waals surface area (Å²) in [6.07, 6.45) is 7.34. The maximum atomic E-state index is 12.4. The van der Waals surface area contributed by atoms with Crippen molar-refractivity contribution in [2.24, 2.45) is 11.8 Å². The zero-order valence-corrected chi connectivity index (χ0v) is 15.6. The van der Waals surface area contributed by atoms with Crippen molar-refractivity contribution in [1.82, 2.24) is 15.3 Å². The van der Waals surface area contributed by atoms with Crippen LogP contribution < -0.4 is 10.2 Å². The van der Waals surface area contributed by atoms with Crippen LogP contribution in [0, 0.1) is 11.8 Å². The molecule has 140 valence electrons. The van der Waals surface area contributed by atoms with Crippen molar-refractivity contribution in [2.45, 2.75) is 24.5 Å². The lowest BCUT2D eigenvalue weighted by Gasteiger charge is -2.29. The maximum absolute atomic E-state index is 12.4. The Bertz CT molecular complexity index is 847. The second kappa shape index (κ2) is 6.46. The van der Waals surface area contributed by atoms with Gasteiger partial charge in [-0.3, -0.25) is 9.78 Å². The molecule has 0 aromatic carbocycles. The van der Waals surface area contributed by atoms with Gasteiger partial charge in [0, 0.05) is 50.1 Å². The van der Waals surface area contributed by atoms with Crippen LogP contribution >= 0.6 is 11.6 Å². The molecule has 1 amide bonds. The minimum atomic E-state index is -0.102. The fourth-order valence-corrected chi connectivity index (χ4v) is 5.11. The quantitative estimate of drug-likeness (QED) is 0.877. The van der Waals surface area contributed by atoms with E-state index in [1.54, 1.807) is 30.7 Å². The van der Waals surface area contributed by atoms with Gasteiger partial charge in [0.25, 0.3) is 5.91 Å². The van der Waals surface area contributed by atoms with E-state index in [2.05, 4.69) is 20.2 Å². The molecule has 0 aliphatic carbocycles. The predicted octanol–water partition coefficient (Wildman–Crippen LogP) is 2.54. The molecule has 3 saturated heterocycles. The van der Waals surface area contributed by atoms with E-state index in [9.17, 15) is 4.79 Å². The molecule has 27 heavy (non-hydrogen) atoms. The molecule has 0 radical (unpaired) electrons. The van der Waals surface area contributed by atoms with Crippen molar-refractivity contribution in [3.8, 4) is 0 Å². The highest BCUT2D eigenvalue weighted by atomic mass is 35.5. The van der Waals surface area contributed by atoms with Crippen molar-refractivity contribution >= 4 is 23.3 Å². The molecule has 3 aliphatic heterocycles. The Morgan fingerprint density at radius 2 is 2.30 bits per heavy atom. The third-order valence-corrected chi connectivity index (χ3v) is 6.47. The molecule has 3 aliphatic rings. The Morgan fingerprint density at radius 3 is 3.07 bits per heavy atom. The lowest BCUT2D eigenvalue weighted by Crippen LogP contribution is -2.41. The molecule has 2 aromatic rings. The van der Waals surface area contributed by atoms with E-state index in [1.165, 1.54) is 0 Å². The van der Waals surface area contributed by atoms with Gasteiger partial charge in [0.1, 0.15) is 5.82 Å². The second-order valence-electron chi connectivity index (χ2n) is 7.70. The number of anilines is 1. The third kappa shape index (κ3) is 2.87. The predicted molar refractivity (Wildman–Crippen MR) is 102 cm³/mol. The van der Waals surface area contributed by atoms with E-state index >= 15 is 0 Å². The highest BCUT2D eigenvalue weighted by molar-refractivity contribution is 6.30. The van der Waals surface area contributed by atoms with Crippen molar-refractivity contribution in [3.63, 3.8) is 0 Å². The summed E-state index contributed by atoms with van der Waals surface area (Å²) in [7, 11) is 0. The van der Waals surface area contributed by atoms with Crippen LogP contribution in [0.25, 0.3) is 0 Å². The number of halogens is 1. The number of hydrogen-bond donors (Lipinski definition) is 1. The lowest BCUT2D eigenvalue weighted by atomic mass is 9.73. The molecule has 5 heterocycles. The van der Waals surface area contributed by atoms with Gasteiger partial charge in [0.2, 0.25) is 0 Å². The average Bonchev–Trinajstić information content (AvgIpc) is 3.36. The highest BCUT2D eigenvalue weighted by Crippen LogP contribution is 2.55. The Balaban J connectivity index is 1.29. The maximum Gasteiger partial charge on any atom is 0.252 e. The Kier molecular flexibility index (Phi) is 4.06. The van der Waals surface area contributed by atoms with E-state index < -0.39 is 0 Å². The largest absolute Gasteiger partial charge is 0.369 e. The summed E-state index contributed by atoms with van der Waals surface area (Å²) in [4.78, 5) is 23.2. The van der Waals surface area contributed by atoms with E-state index in [1.807, 2.05) is 12.1 Å². The Labute approximate surface area is 162 Å². The molecule has 0 unspecified atom stereocenters. The zero-order chi connectivity index (χ0) is 18.4. The average molecular weight is 385 g/mol. The summed E-state index contributed by atoms with van der Waals surface area (Å²) >= 11 is 5.97. The van der Waals surface area contributed by atoms with Crippen LogP contribution in [0.4, 0.5) is 5.82 Å². The zero-order valence-electron chi connectivity index (χ0n) is 14.8. The SMILES string of the molecule is O=C(NC[C@H]1[C@H]2CN(c3ccc(Cl)cn3)C[C@]23CC[C@H]1O3)c1cccnc1. The molecule has 2 bridgehead atoms. The summed E-state index contributed by atoms with van der Waals surface area (Å²) in [6, 6.07) is 7.40. The van der Waals surface area contributed by atoms with Gasteiger partial charge < -0.3 is 15.0 Å². The van der Waals surface area contributed by atoms with Crippen molar-refractivity contribution in [1.29, 1.82) is 0 Å². The van der Waals surface area contributed by atoms with Crippen LogP contribution in [0.2, 0.25) is 5.02 Å². The molecule has 6 nitrogen and oxygen atoms in total. The van der Waals surface area contributed by atoms with Crippen LogP contribution in [0.3, 0.4) is 0 Å². The fraction of sp³-hybridized carbons (Fsp3) is 0.450. The molecule has 5 rings (SSSR count). The van der Waals surface area contributed by atoms with Crippen LogP contribution in [-0.4, -0.2) is 47.2 Å². The topological polar surface area (TPSA) is 67.4 Å². The van der Waals surface area contributed by atoms with E-state index in [0.29, 0.717) is 29.0 Å². The van der Waals surface area contributed by atoms with Gasteiger partial charge in [-0.25, -0.2) is 4.98 Å². The van der Waals surface area contributed by atoms with Gasteiger partial charge >= 0.3 is 0 Å². The van der Waals surface area contributed by atoms with Crippen molar-refractivity contribution in [3.05, 3.63) is 53.4 Å². The minimum absolute atomic E-state index is 0.0749. The monoisotopic (exact) mass is 384 g/mol. The number of ether oxygens (including phenoxy) is 1. The summed E-state index contributed by atoms with van der Waals surface area (Å²) in [5.41, 5.74) is 0.491. The Hall–Kier alpha value is -2.18. The van der Waals surface area contributed by atoms with Crippen LogP contribution in [0.1, 0.15) is 23.2 Å². The molecule has 1 spiro atoms. The molecular weight excluding hydrogens is 364 g/mol. The van der Waals surface area contributed by atoms with Gasteiger partial charge in [-0.15, -0.1) is 0 Å². The number of pyridine rings is 2. The molecule has 7 heteroatoms. The molecule has 0 saturated carbocycles. The third-order valence-electron chi connectivity index (χ3n) is 6.24. The first-order valence-electron chi connectivity index (χ1n) is 9.37. The van der Waals surface area contributed by atoms with Crippen molar-refractivity contribution in [2.75, 3.05) is 24.5 Å². The van der Waals surface area contributed by atoms with Gasteiger partial charge in [-0.05, 0) is 37.1 Å². The number of aromatic nitrogens is 2. The van der Waals surface area contributed by atoms with Gasteiger partial charge in [0.15, 0.2) is 0 Å². The van der Waals surface area contributed by atoms with Crippen molar-refractivity contribution < 1.29 is 9.53 Å². The van der Waals surface area contributed by atoms with E-state index in [0.717, 1.165) is 31.7 Å². The number of rotatable bonds is 4. The van der Waals surface area contributed by atoms with E-state index in [-0.39, 0.29) is 17.6 Å². The molecule has 2 aromatic heterocycles.